The molecular formula is C56H53N7O3. The van der Waals surface area contributed by atoms with E-state index in [1.165, 1.54) is 5.56 Å². The molecule has 0 aliphatic carbocycles. The number of pyridine rings is 2. The van der Waals surface area contributed by atoms with E-state index in [4.69, 9.17) is 0 Å². The van der Waals surface area contributed by atoms with Crippen LogP contribution in [0.15, 0.2) is 188 Å². The highest BCUT2D eigenvalue weighted by molar-refractivity contribution is 6.09. The molecule has 2 fully saturated rings. The Morgan fingerprint density at radius 2 is 1.14 bits per heavy atom. The third-order valence-electron chi connectivity index (χ3n) is 12.4. The molecule has 2 aliphatic rings. The van der Waals surface area contributed by atoms with Gasteiger partial charge in [0, 0.05) is 61.3 Å². The van der Waals surface area contributed by atoms with E-state index in [-0.39, 0.29) is 17.7 Å². The average molecular weight is 872 g/mol. The van der Waals surface area contributed by atoms with Gasteiger partial charge in [0.25, 0.3) is 11.8 Å². The van der Waals surface area contributed by atoms with Gasteiger partial charge in [-0.1, -0.05) is 127 Å². The maximum absolute atomic E-state index is 13.6. The van der Waals surface area contributed by atoms with E-state index >= 15 is 0 Å². The minimum Gasteiger partial charge on any atom is -0.367 e. The first-order chi connectivity index (χ1) is 32.4. The molecule has 0 atom stereocenters. The van der Waals surface area contributed by atoms with Crippen molar-refractivity contribution in [3.8, 4) is 0 Å². The number of para-hydroxylation sites is 3. The van der Waals surface area contributed by atoms with Gasteiger partial charge in [-0.05, 0) is 84.8 Å². The molecule has 2 aliphatic heterocycles. The van der Waals surface area contributed by atoms with Crippen molar-refractivity contribution in [3.05, 3.63) is 211 Å². The Bertz CT molecular complexity index is 2900. The summed E-state index contributed by atoms with van der Waals surface area (Å²) >= 11 is 0. The number of amides is 3. The Labute approximate surface area is 386 Å². The van der Waals surface area contributed by atoms with Crippen LogP contribution in [0.25, 0.3) is 21.8 Å². The second-order valence-electron chi connectivity index (χ2n) is 16.9. The second-order valence-corrected chi connectivity index (χ2v) is 16.9. The Morgan fingerprint density at radius 3 is 1.82 bits per heavy atom. The van der Waals surface area contributed by atoms with E-state index < -0.39 is 0 Å². The van der Waals surface area contributed by atoms with Crippen LogP contribution in [0.2, 0.25) is 0 Å². The number of anilines is 3. The molecule has 10 rings (SSSR count). The van der Waals surface area contributed by atoms with Gasteiger partial charge >= 0.3 is 0 Å². The standard InChI is InChI=1S/C28H26N4O2.C28H27N3O/c33-27(18-21-8-2-1-3-9-21)32-16-14-31(15-17-32)26-13-7-5-11-24(26)28(34)30-23-19-22-10-4-6-12-25(22)29-20-23;32-28(24-11-5-2-6-12-24)31(26-20-25-13-7-8-14-27(25)29-21-26)30-17-15-23(16-18-30)19-22-9-3-1-4-10-22/h1-13,19-20H,14-18H2,(H,30,34);1-14,20-21,23H,15-19H2. The van der Waals surface area contributed by atoms with E-state index in [9.17, 15) is 14.4 Å². The molecule has 3 amide bonds. The summed E-state index contributed by atoms with van der Waals surface area (Å²) < 4.78 is 0. The minimum atomic E-state index is -0.171. The predicted molar refractivity (Wildman–Crippen MR) is 265 cm³/mol. The number of carbonyl (C=O) groups is 3. The third kappa shape index (κ3) is 10.6. The normalized spacial score (nSPS) is 14.3. The monoisotopic (exact) mass is 871 g/mol. The molecule has 0 spiro atoms. The van der Waals surface area contributed by atoms with Gasteiger partial charge in [-0.2, -0.15) is 0 Å². The van der Waals surface area contributed by atoms with Crippen molar-refractivity contribution >= 4 is 56.6 Å². The van der Waals surface area contributed by atoms with Crippen LogP contribution in [0, 0.1) is 5.92 Å². The number of piperazine rings is 1. The summed E-state index contributed by atoms with van der Waals surface area (Å²) in [6.45, 7) is 4.34. The lowest BCUT2D eigenvalue weighted by atomic mass is 9.90. The van der Waals surface area contributed by atoms with Crippen LogP contribution in [0.1, 0.15) is 44.7 Å². The molecule has 1 N–H and O–H groups in total. The summed E-state index contributed by atoms with van der Waals surface area (Å²) in [5, 5.41) is 9.04. The van der Waals surface area contributed by atoms with Gasteiger partial charge in [0.1, 0.15) is 0 Å². The summed E-state index contributed by atoms with van der Waals surface area (Å²) in [6, 6.07) is 57.5. The van der Waals surface area contributed by atoms with E-state index in [2.05, 4.69) is 61.6 Å². The van der Waals surface area contributed by atoms with Gasteiger partial charge in [-0.3, -0.25) is 24.4 Å². The number of fused-ring (bicyclic) bond motifs is 2. The van der Waals surface area contributed by atoms with Crippen LogP contribution in [-0.4, -0.2) is 76.9 Å². The van der Waals surface area contributed by atoms with Crippen molar-refractivity contribution in [2.45, 2.75) is 25.7 Å². The first kappa shape index (κ1) is 43.6. The fourth-order valence-electron chi connectivity index (χ4n) is 8.92. The van der Waals surface area contributed by atoms with Crippen molar-refractivity contribution in [2.24, 2.45) is 5.92 Å². The highest BCUT2D eigenvalue weighted by Gasteiger charge is 2.30. The van der Waals surface area contributed by atoms with E-state index in [0.717, 1.165) is 71.1 Å². The van der Waals surface area contributed by atoms with Gasteiger partial charge < -0.3 is 15.1 Å². The van der Waals surface area contributed by atoms with Gasteiger partial charge in [0.2, 0.25) is 5.91 Å². The number of benzene rings is 6. The number of piperidine rings is 1. The minimum absolute atomic E-state index is 0.0100. The molecule has 66 heavy (non-hydrogen) atoms. The van der Waals surface area contributed by atoms with Crippen LogP contribution in [-0.2, 0) is 17.6 Å². The van der Waals surface area contributed by atoms with Gasteiger partial charge in [-0.15, -0.1) is 0 Å². The maximum Gasteiger partial charge on any atom is 0.272 e. The molecule has 0 unspecified atom stereocenters. The molecule has 330 valence electrons. The Balaban J connectivity index is 0.000000166. The summed E-state index contributed by atoms with van der Waals surface area (Å²) in [7, 11) is 0. The molecule has 0 saturated carbocycles. The predicted octanol–water partition coefficient (Wildman–Crippen LogP) is 10.1. The van der Waals surface area contributed by atoms with Crippen LogP contribution in [0.3, 0.4) is 0 Å². The summed E-state index contributed by atoms with van der Waals surface area (Å²) in [4.78, 5) is 52.6. The number of nitrogens with one attached hydrogen (secondary N) is 1. The lowest BCUT2D eigenvalue weighted by Gasteiger charge is -2.39. The zero-order chi connectivity index (χ0) is 45.1. The number of nitrogens with zero attached hydrogens (tertiary/aromatic N) is 6. The first-order valence-corrected chi connectivity index (χ1v) is 22.8. The van der Waals surface area contributed by atoms with Gasteiger partial charge in [0.15, 0.2) is 0 Å². The summed E-state index contributed by atoms with van der Waals surface area (Å²) in [5.74, 6) is 0.595. The Morgan fingerprint density at radius 1 is 0.576 bits per heavy atom. The zero-order valence-corrected chi connectivity index (χ0v) is 37.0. The van der Waals surface area contributed by atoms with Crippen molar-refractivity contribution in [2.75, 3.05) is 54.5 Å². The lowest BCUT2D eigenvalue weighted by Crippen LogP contribution is -2.50. The van der Waals surface area contributed by atoms with Crippen molar-refractivity contribution < 1.29 is 14.4 Å². The number of hydrogen-bond acceptors (Lipinski definition) is 7. The molecule has 6 aromatic carbocycles. The fourth-order valence-corrected chi connectivity index (χ4v) is 8.92. The molecule has 4 heterocycles. The highest BCUT2D eigenvalue weighted by atomic mass is 16.2. The van der Waals surface area contributed by atoms with Crippen molar-refractivity contribution in [1.82, 2.24) is 19.9 Å². The SMILES string of the molecule is O=C(Nc1cnc2ccccc2c1)c1ccccc1N1CCN(C(=O)Cc2ccccc2)CC1.O=C(c1ccccc1)N(c1cnc2ccccc2c1)N1CCC(Cc2ccccc2)CC1. The molecular weight excluding hydrogens is 819 g/mol. The maximum atomic E-state index is 13.6. The molecule has 10 heteroatoms. The summed E-state index contributed by atoms with van der Waals surface area (Å²) in [6.07, 6.45) is 7.14. The van der Waals surface area contributed by atoms with Gasteiger partial charge in [0.05, 0.1) is 46.8 Å². The molecule has 8 aromatic rings. The number of carbonyl (C=O) groups excluding carboxylic acids is 3. The smallest absolute Gasteiger partial charge is 0.272 e. The Hall–Kier alpha value is -7.69. The molecule has 0 bridgehead atoms. The topological polar surface area (TPSA) is 102 Å². The number of aromatic nitrogens is 2. The van der Waals surface area contributed by atoms with Gasteiger partial charge in [-0.25, -0.2) is 10.0 Å². The van der Waals surface area contributed by atoms with Crippen LogP contribution in [0.4, 0.5) is 17.1 Å². The highest BCUT2D eigenvalue weighted by Crippen LogP contribution is 2.29. The van der Waals surface area contributed by atoms with E-state index in [0.29, 0.717) is 55.3 Å². The first-order valence-electron chi connectivity index (χ1n) is 22.8. The number of rotatable bonds is 10. The number of hydrogen-bond donors (Lipinski definition) is 1. The molecule has 10 nitrogen and oxygen atoms in total. The summed E-state index contributed by atoms with van der Waals surface area (Å²) in [5.41, 5.74) is 7.90. The molecule has 2 saturated heterocycles. The van der Waals surface area contributed by atoms with Crippen molar-refractivity contribution in [1.29, 1.82) is 0 Å². The van der Waals surface area contributed by atoms with Crippen LogP contribution >= 0.6 is 0 Å². The second kappa shape index (κ2) is 20.9. The van der Waals surface area contributed by atoms with E-state index in [1.807, 2.05) is 156 Å². The fraction of sp³-hybridized carbons (Fsp3) is 0.196. The lowest BCUT2D eigenvalue weighted by molar-refractivity contribution is -0.130. The quantitative estimate of drug-likeness (QED) is 0.146. The van der Waals surface area contributed by atoms with Crippen molar-refractivity contribution in [3.63, 3.8) is 0 Å². The van der Waals surface area contributed by atoms with Crippen LogP contribution < -0.4 is 15.2 Å². The molecule has 0 radical (unpaired) electrons. The molecule has 2 aromatic heterocycles. The van der Waals surface area contributed by atoms with Crippen LogP contribution in [0.5, 0.6) is 0 Å². The third-order valence-corrected chi connectivity index (χ3v) is 12.4. The largest absolute Gasteiger partial charge is 0.367 e. The average Bonchev–Trinajstić information content (AvgIpc) is 3.38. The number of hydrazine groups is 1. The van der Waals surface area contributed by atoms with E-state index in [1.54, 1.807) is 6.20 Å². The zero-order valence-electron chi connectivity index (χ0n) is 37.0. The Kier molecular flexibility index (Phi) is 13.8.